The van der Waals surface area contributed by atoms with Crippen LogP contribution in [0.1, 0.15) is 35.6 Å². The minimum atomic E-state index is -0.612. The van der Waals surface area contributed by atoms with Crippen molar-refractivity contribution in [2.75, 3.05) is 0 Å². The van der Waals surface area contributed by atoms with Gasteiger partial charge in [-0.15, -0.1) is 0 Å². The lowest BCUT2D eigenvalue weighted by Gasteiger charge is -2.39. The van der Waals surface area contributed by atoms with Crippen molar-refractivity contribution in [1.82, 2.24) is 0 Å². The lowest BCUT2D eigenvalue weighted by atomic mass is 9.77. The van der Waals surface area contributed by atoms with Crippen LogP contribution in [0.25, 0.3) is 16.8 Å². The van der Waals surface area contributed by atoms with Crippen molar-refractivity contribution in [3.63, 3.8) is 0 Å². The monoisotopic (exact) mass is 314 g/mol. The average Bonchev–Trinajstić information content (AvgIpc) is 2.62. The Balaban J connectivity index is 1.71. The summed E-state index contributed by atoms with van der Waals surface area (Å²) in [5, 5.41) is 13.3. The minimum absolute atomic E-state index is 0.108. The maximum Gasteiger partial charge on any atom is 0.129 e. The number of hydrogen-bond donors (Lipinski definition) is 1. The van der Waals surface area contributed by atoms with Crippen LogP contribution in [0.3, 0.4) is 0 Å². The molecule has 3 aromatic rings. The van der Waals surface area contributed by atoms with Crippen LogP contribution >= 0.6 is 0 Å². The van der Waals surface area contributed by atoms with E-state index in [1.54, 1.807) is 0 Å². The summed E-state index contributed by atoms with van der Waals surface area (Å²) in [6.07, 6.45) is 1.38. The number of fused-ring (bicyclic) bond motifs is 4. The molecule has 0 radical (unpaired) electrons. The molecule has 1 heterocycles. The summed E-state index contributed by atoms with van der Waals surface area (Å²) in [6, 6.07) is 20.7. The third-order valence-electron chi connectivity index (χ3n) is 5.33. The molecule has 2 nitrogen and oxygen atoms in total. The van der Waals surface area contributed by atoms with Gasteiger partial charge < -0.3 is 9.84 Å². The lowest BCUT2D eigenvalue weighted by molar-refractivity contribution is 0.116. The number of aliphatic hydroxyl groups is 1. The fourth-order valence-corrected chi connectivity index (χ4v) is 4.04. The fourth-order valence-electron chi connectivity index (χ4n) is 4.04. The Morgan fingerprint density at radius 3 is 2.42 bits per heavy atom. The molecule has 3 aromatic carbocycles. The standard InChI is InChI=1S/C22H18O2/c1-13-17-9-5-4-8-16(17)11-19-21(23)18-10-14-6-2-3-7-15(14)12-20(18)24-22(13)19/h2-13,21-23H,1H3. The zero-order valence-electron chi connectivity index (χ0n) is 13.4. The molecule has 1 aliphatic carbocycles. The van der Waals surface area contributed by atoms with E-state index < -0.39 is 6.10 Å². The molecule has 0 aromatic heterocycles. The lowest BCUT2D eigenvalue weighted by Crippen LogP contribution is -2.35. The van der Waals surface area contributed by atoms with Crippen molar-refractivity contribution in [3.8, 4) is 5.75 Å². The number of benzene rings is 3. The van der Waals surface area contributed by atoms with Gasteiger partial charge in [-0.1, -0.05) is 55.5 Å². The van der Waals surface area contributed by atoms with Gasteiger partial charge in [-0.05, 0) is 40.1 Å². The second-order valence-corrected chi connectivity index (χ2v) is 6.74. The molecule has 0 fully saturated rings. The second-order valence-electron chi connectivity index (χ2n) is 6.74. The topological polar surface area (TPSA) is 29.5 Å². The van der Waals surface area contributed by atoms with E-state index in [1.165, 1.54) is 11.1 Å². The van der Waals surface area contributed by atoms with E-state index in [4.69, 9.17) is 4.74 Å². The zero-order chi connectivity index (χ0) is 16.3. The molecule has 5 rings (SSSR count). The third kappa shape index (κ3) is 1.87. The van der Waals surface area contributed by atoms with Crippen LogP contribution in [-0.2, 0) is 0 Å². The van der Waals surface area contributed by atoms with Crippen LogP contribution in [-0.4, -0.2) is 11.2 Å². The molecule has 1 N–H and O–H groups in total. The Labute approximate surface area is 141 Å². The Morgan fingerprint density at radius 2 is 1.58 bits per heavy atom. The van der Waals surface area contributed by atoms with Crippen LogP contribution in [0.2, 0.25) is 0 Å². The summed E-state index contributed by atoms with van der Waals surface area (Å²) in [5.41, 5.74) is 4.29. The third-order valence-corrected chi connectivity index (χ3v) is 5.33. The quantitative estimate of drug-likeness (QED) is 0.643. The van der Waals surface area contributed by atoms with Crippen LogP contribution in [0.5, 0.6) is 5.75 Å². The highest BCUT2D eigenvalue weighted by atomic mass is 16.5. The van der Waals surface area contributed by atoms with E-state index >= 15 is 0 Å². The highest BCUT2D eigenvalue weighted by Gasteiger charge is 2.38. The van der Waals surface area contributed by atoms with E-state index in [9.17, 15) is 5.11 Å². The van der Waals surface area contributed by atoms with Gasteiger partial charge in [0.05, 0.1) is 0 Å². The predicted molar refractivity (Wildman–Crippen MR) is 96.2 cm³/mol. The van der Waals surface area contributed by atoms with E-state index in [0.29, 0.717) is 0 Å². The molecule has 0 saturated heterocycles. The summed E-state index contributed by atoms with van der Waals surface area (Å²) in [5.74, 6) is 1.02. The van der Waals surface area contributed by atoms with E-state index in [2.05, 4.69) is 55.5 Å². The number of ether oxygens (including phenoxy) is 1. The smallest absolute Gasteiger partial charge is 0.129 e. The van der Waals surface area contributed by atoms with Gasteiger partial charge in [0.1, 0.15) is 18.0 Å². The first-order valence-corrected chi connectivity index (χ1v) is 8.40. The first-order valence-electron chi connectivity index (χ1n) is 8.40. The van der Waals surface area contributed by atoms with Gasteiger partial charge in [0.15, 0.2) is 0 Å². The molecule has 0 saturated carbocycles. The minimum Gasteiger partial charge on any atom is -0.485 e. The average molecular weight is 314 g/mol. The Hall–Kier alpha value is -2.58. The molecule has 2 heteroatoms. The van der Waals surface area contributed by atoms with Crippen LogP contribution < -0.4 is 4.74 Å². The summed E-state index contributed by atoms with van der Waals surface area (Å²) in [7, 11) is 0. The van der Waals surface area contributed by atoms with Gasteiger partial charge in [0, 0.05) is 17.1 Å². The van der Waals surface area contributed by atoms with Crippen molar-refractivity contribution < 1.29 is 9.84 Å². The maximum atomic E-state index is 11.0. The van der Waals surface area contributed by atoms with Crippen LogP contribution in [0, 0.1) is 0 Å². The van der Waals surface area contributed by atoms with Gasteiger partial charge in [-0.25, -0.2) is 0 Å². The van der Waals surface area contributed by atoms with Gasteiger partial charge in [-0.2, -0.15) is 0 Å². The maximum absolute atomic E-state index is 11.0. The molecular formula is C22H18O2. The predicted octanol–water partition coefficient (Wildman–Crippen LogP) is 4.83. The number of rotatable bonds is 0. The molecule has 2 aliphatic rings. The van der Waals surface area contributed by atoms with Crippen molar-refractivity contribution in [2.45, 2.75) is 25.0 Å². The van der Waals surface area contributed by atoms with Crippen LogP contribution in [0.15, 0.2) is 66.2 Å². The van der Waals surface area contributed by atoms with Gasteiger partial charge >= 0.3 is 0 Å². The first kappa shape index (κ1) is 13.8. The number of hydrogen-bond acceptors (Lipinski definition) is 2. The number of aliphatic hydroxyl groups excluding tert-OH is 1. The van der Waals surface area contributed by atoms with Crippen molar-refractivity contribution in [1.29, 1.82) is 0 Å². The summed E-state index contributed by atoms with van der Waals surface area (Å²) < 4.78 is 6.36. The summed E-state index contributed by atoms with van der Waals surface area (Å²) in [6.45, 7) is 2.18. The molecule has 118 valence electrons. The molecule has 3 atom stereocenters. The molecule has 24 heavy (non-hydrogen) atoms. The van der Waals surface area contributed by atoms with Gasteiger partial charge in [-0.3, -0.25) is 0 Å². The highest BCUT2D eigenvalue weighted by Crippen LogP contribution is 2.47. The van der Waals surface area contributed by atoms with E-state index in [0.717, 1.165) is 27.7 Å². The summed E-state index contributed by atoms with van der Waals surface area (Å²) >= 11 is 0. The Kier molecular flexibility index (Phi) is 2.85. The normalized spacial score (nSPS) is 24.4. The molecule has 3 unspecified atom stereocenters. The zero-order valence-corrected chi connectivity index (χ0v) is 13.4. The van der Waals surface area contributed by atoms with Gasteiger partial charge in [0.25, 0.3) is 0 Å². The molecular weight excluding hydrogens is 296 g/mol. The molecule has 0 spiro atoms. The van der Waals surface area contributed by atoms with Crippen molar-refractivity contribution in [2.24, 2.45) is 0 Å². The Bertz CT molecular complexity index is 986. The van der Waals surface area contributed by atoms with E-state index in [1.807, 2.05) is 18.2 Å². The summed E-state index contributed by atoms with van der Waals surface area (Å²) in [4.78, 5) is 0. The van der Waals surface area contributed by atoms with Crippen molar-refractivity contribution in [3.05, 3.63) is 82.9 Å². The SMILES string of the molecule is CC1c2ccccc2C=C2C(O)c3cc4ccccc4cc3OC21. The van der Waals surface area contributed by atoms with Gasteiger partial charge in [0.2, 0.25) is 0 Å². The first-order chi connectivity index (χ1) is 11.7. The van der Waals surface area contributed by atoms with E-state index in [-0.39, 0.29) is 12.0 Å². The fraction of sp³-hybridized carbons (Fsp3) is 0.182. The molecule has 0 bridgehead atoms. The second kappa shape index (κ2) is 4.96. The Morgan fingerprint density at radius 1 is 0.875 bits per heavy atom. The largest absolute Gasteiger partial charge is 0.485 e. The molecule has 1 aliphatic heterocycles. The van der Waals surface area contributed by atoms with Crippen LogP contribution in [0.4, 0.5) is 0 Å². The van der Waals surface area contributed by atoms with Crippen molar-refractivity contribution >= 4 is 16.8 Å². The highest BCUT2D eigenvalue weighted by molar-refractivity contribution is 5.85. The molecule has 0 amide bonds.